The van der Waals surface area contributed by atoms with Crippen LogP contribution in [0.2, 0.25) is 19.6 Å². The monoisotopic (exact) mass is 310 g/mol. The summed E-state index contributed by atoms with van der Waals surface area (Å²) in [6, 6.07) is 20.1. The SMILES string of the molecule is COC(=O)C(=C(c1ccccc1)c1ccccc1)[Si](C)(C)C. The lowest BCUT2D eigenvalue weighted by atomic mass is 9.97. The molecule has 2 nitrogen and oxygen atoms in total. The highest BCUT2D eigenvalue weighted by molar-refractivity contribution is 6.88. The van der Waals surface area contributed by atoms with Gasteiger partial charge in [0.15, 0.2) is 0 Å². The molecule has 0 amide bonds. The minimum Gasteiger partial charge on any atom is -0.466 e. The van der Waals surface area contributed by atoms with Gasteiger partial charge in [-0.1, -0.05) is 80.3 Å². The molecule has 2 aromatic rings. The van der Waals surface area contributed by atoms with E-state index in [0.717, 1.165) is 21.9 Å². The molecule has 0 heterocycles. The lowest BCUT2D eigenvalue weighted by Gasteiger charge is -2.24. The van der Waals surface area contributed by atoms with E-state index in [4.69, 9.17) is 4.74 Å². The maximum Gasteiger partial charge on any atom is 0.330 e. The van der Waals surface area contributed by atoms with Crippen molar-refractivity contribution < 1.29 is 9.53 Å². The number of hydrogen-bond donors (Lipinski definition) is 0. The van der Waals surface area contributed by atoms with Crippen LogP contribution in [0.1, 0.15) is 11.1 Å². The third kappa shape index (κ3) is 3.54. The molecule has 0 unspecified atom stereocenters. The molecule has 0 fully saturated rings. The van der Waals surface area contributed by atoms with Crippen LogP contribution in [-0.2, 0) is 9.53 Å². The number of rotatable bonds is 4. The summed E-state index contributed by atoms with van der Waals surface area (Å²) in [6.45, 7) is 6.52. The Hall–Kier alpha value is -2.13. The predicted molar refractivity (Wildman–Crippen MR) is 94.3 cm³/mol. The van der Waals surface area contributed by atoms with E-state index in [1.54, 1.807) is 0 Å². The fourth-order valence-corrected chi connectivity index (χ4v) is 4.30. The second-order valence-electron chi connectivity index (χ2n) is 6.22. The summed E-state index contributed by atoms with van der Waals surface area (Å²) in [5, 5.41) is 0.826. The van der Waals surface area contributed by atoms with E-state index >= 15 is 0 Å². The van der Waals surface area contributed by atoms with Crippen molar-refractivity contribution >= 4 is 19.6 Å². The summed E-state index contributed by atoms with van der Waals surface area (Å²) < 4.78 is 5.10. The fraction of sp³-hybridized carbons (Fsp3) is 0.211. The first-order valence-electron chi connectivity index (χ1n) is 7.39. The Morgan fingerprint density at radius 1 is 0.818 bits per heavy atom. The Balaban J connectivity index is 2.81. The lowest BCUT2D eigenvalue weighted by molar-refractivity contribution is -0.135. The molecule has 114 valence electrons. The van der Waals surface area contributed by atoms with Crippen molar-refractivity contribution in [2.24, 2.45) is 0 Å². The molecule has 0 spiro atoms. The summed E-state index contributed by atoms with van der Waals surface area (Å²) in [4.78, 5) is 12.5. The number of esters is 1. The predicted octanol–water partition coefficient (Wildman–Crippen LogP) is 4.54. The Morgan fingerprint density at radius 2 is 1.23 bits per heavy atom. The van der Waals surface area contributed by atoms with Gasteiger partial charge in [-0.15, -0.1) is 0 Å². The van der Waals surface area contributed by atoms with Crippen molar-refractivity contribution in [3.8, 4) is 0 Å². The minimum absolute atomic E-state index is 0.220. The summed E-state index contributed by atoms with van der Waals surface area (Å²) in [6.07, 6.45) is 0. The van der Waals surface area contributed by atoms with E-state index in [2.05, 4.69) is 19.6 Å². The van der Waals surface area contributed by atoms with E-state index in [1.807, 2.05) is 60.7 Å². The zero-order valence-electron chi connectivity index (χ0n) is 13.6. The normalized spacial score (nSPS) is 10.9. The van der Waals surface area contributed by atoms with E-state index in [-0.39, 0.29) is 5.97 Å². The van der Waals surface area contributed by atoms with Gasteiger partial charge in [0.1, 0.15) is 0 Å². The van der Waals surface area contributed by atoms with Gasteiger partial charge in [-0.3, -0.25) is 0 Å². The van der Waals surface area contributed by atoms with Gasteiger partial charge in [-0.05, 0) is 16.7 Å². The smallest absolute Gasteiger partial charge is 0.330 e. The molecule has 2 rings (SSSR count). The summed E-state index contributed by atoms with van der Waals surface area (Å²) in [7, 11) is -0.440. The van der Waals surface area contributed by atoms with E-state index in [0.29, 0.717) is 0 Å². The van der Waals surface area contributed by atoms with Crippen LogP contribution in [-0.4, -0.2) is 21.2 Å². The third-order valence-electron chi connectivity index (χ3n) is 3.51. The average Bonchev–Trinajstić information content (AvgIpc) is 2.52. The van der Waals surface area contributed by atoms with E-state index < -0.39 is 8.07 Å². The Morgan fingerprint density at radius 3 is 1.55 bits per heavy atom. The van der Waals surface area contributed by atoms with Crippen LogP contribution in [0.15, 0.2) is 65.9 Å². The van der Waals surface area contributed by atoms with Crippen molar-refractivity contribution in [3.05, 3.63) is 77.0 Å². The number of ether oxygens (including phenoxy) is 1. The maximum absolute atomic E-state index is 12.5. The number of carbonyl (C=O) groups is 1. The summed E-state index contributed by atoms with van der Waals surface area (Å²) in [5.74, 6) is -0.220. The number of benzene rings is 2. The molecule has 22 heavy (non-hydrogen) atoms. The van der Waals surface area contributed by atoms with Gasteiger partial charge in [0, 0.05) is 5.20 Å². The van der Waals surface area contributed by atoms with Gasteiger partial charge < -0.3 is 4.74 Å². The summed E-state index contributed by atoms with van der Waals surface area (Å²) >= 11 is 0. The average molecular weight is 310 g/mol. The standard InChI is InChI=1S/C19H22O2Si/c1-21-19(20)18(22(2,3)4)17(15-11-7-5-8-12-15)16-13-9-6-10-14-16/h5-14H,1-4H3. The highest BCUT2D eigenvalue weighted by atomic mass is 28.3. The lowest BCUT2D eigenvalue weighted by Crippen LogP contribution is -2.32. The molecule has 2 aromatic carbocycles. The maximum atomic E-state index is 12.5. The molecule has 0 aliphatic carbocycles. The second-order valence-corrected chi connectivity index (χ2v) is 11.2. The quantitative estimate of drug-likeness (QED) is 0.471. The topological polar surface area (TPSA) is 26.3 Å². The first-order valence-corrected chi connectivity index (χ1v) is 10.9. The minimum atomic E-state index is -1.89. The van der Waals surface area contributed by atoms with Crippen LogP contribution in [0.3, 0.4) is 0 Å². The van der Waals surface area contributed by atoms with Crippen LogP contribution >= 0.6 is 0 Å². The van der Waals surface area contributed by atoms with E-state index in [9.17, 15) is 4.79 Å². The van der Waals surface area contributed by atoms with Crippen molar-refractivity contribution in [1.82, 2.24) is 0 Å². The number of methoxy groups -OCH3 is 1. The summed E-state index contributed by atoms with van der Waals surface area (Å²) in [5.41, 5.74) is 3.10. The van der Waals surface area contributed by atoms with Gasteiger partial charge in [0.2, 0.25) is 0 Å². The van der Waals surface area contributed by atoms with Crippen molar-refractivity contribution in [2.75, 3.05) is 7.11 Å². The largest absolute Gasteiger partial charge is 0.466 e. The van der Waals surface area contributed by atoms with E-state index in [1.165, 1.54) is 7.11 Å². The third-order valence-corrected chi connectivity index (χ3v) is 5.47. The Labute approximate surface area is 133 Å². The van der Waals surface area contributed by atoms with Crippen LogP contribution in [0.25, 0.3) is 5.57 Å². The highest BCUT2D eigenvalue weighted by Gasteiger charge is 2.31. The molecule has 0 aliphatic heterocycles. The van der Waals surface area contributed by atoms with Gasteiger partial charge in [-0.25, -0.2) is 4.79 Å². The number of carbonyl (C=O) groups excluding carboxylic acids is 1. The van der Waals surface area contributed by atoms with Crippen LogP contribution in [0.4, 0.5) is 0 Å². The molecular formula is C19H22O2Si. The molecule has 0 N–H and O–H groups in total. The highest BCUT2D eigenvalue weighted by Crippen LogP contribution is 2.32. The second kappa shape index (κ2) is 6.75. The molecule has 0 aliphatic rings. The van der Waals surface area contributed by atoms with Gasteiger partial charge in [-0.2, -0.15) is 0 Å². The molecule has 0 bridgehead atoms. The first kappa shape index (κ1) is 16.2. The van der Waals surface area contributed by atoms with Crippen LogP contribution in [0, 0.1) is 0 Å². The number of hydrogen-bond acceptors (Lipinski definition) is 2. The molecule has 0 aromatic heterocycles. The fourth-order valence-electron chi connectivity index (χ4n) is 2.55. The van der Waals surface area contributed by atoms with Gasteiger partial charge >= 0.3 is 5.97 Å². The molecule has 3 heteroatoms. The van der Waals surface area contributed by atoms with Crippen LogP contribution in [0.5, 0.6) is 0 Å². The Bertz CT molecular complexity index is 626. The molecule has 0 saturated heterocycles. The molecule has 0 radical (unpaired) electrons. The van der Waals surface area contributed by atoms with Gasteiger partial charge in [0.25, 0.3) is 0 Å². The van der Waals surface area contributed by atoms with Crippen molar-refractivity contribution in [2.45, 2.75) is 19.6 Å². The molecule has 0 saturated carbocycles. The first-order chi connectivity index (χ1) is 10.4. The van der Waals surface area contributed by atoms with Crippen LogP contribution < -0.4 is 0 Å². The zero-order valence-corrected chi connectivity index (χ0v) is 14.6. The molecule has 0 atom stereocenters. The zero-order chi connectivity index (χ0) is 16.2. The van der Waals surface area contributed by atoms with Crippen molar-refractivity contribution in [3.63, 3.8) is 0 Å². The molecular weight excluding hydrogens is 288 g/mol. The van der Waals surface area contributed by atoms with Crippen molar-refractivity contribution in [1.29, 1.82) is 0 Å². The van der Waals surface area contributed by atoms with Gasteiger partial charge in [0.05, 0.1) is 15.2 Å². The Kier molecular flexibility index (Phi) is 4.98.